The van der Waals surface area contributed by atoms with Crippen LogP contribution in [-0.2, 0) is 9.53 Å². The minimum Gasteiger partial charge on any atom is -0.381 e. The molecule has 7 nitrogen and oxygen atoms in total. The number of aromatic nitrogens is 3. The molecule has 1 fully saturated rings. The smallest absolute Gasteiger partial charge is 0.227 e. The Kier molecular flexibility index (Phi) is 5.76. The summed E-state index contributed by atoms with van der Waals surface area (Å²) in [5, 5.41) is 6.23. The first kappa shape index (κ1) is 19.0. The van der Waals surface area contributed by atoms with Crippen LogP contribution < -0.4 is 10.6 Å². The molecule has 0 aliphatic carbocycles. The van der Waals surface area contributed by atoms with Crippen LogP contribution in [0, 0.1) is 12.8 Å². The van der Waals surface area contributed by atoms with Gasteiger partial charge in [-0.05, 0) is 55.2 Å². The highest BCUT2D eigenvalue weighted by Crippen LogP contribution is 2.25. The minimum absolute atomic E-state index is 0.00475. The predicted octanol–water partition coefficient (Wildman–Crippen LogP) is 3.96. The highest BCUT2D eigenvalue weighted by molar-refractivity contribution is 5.91. The number of anilines is 3. The lowest BCUT2D eigenvalue weighted by Crippen LogP contribution is -2.16. The van der Waals surface area contributed by atoms with Gasteiger partial charge in [-0.1, -0.05) is 6.07 Å². The van der Waals surface area contributed by atoms with Crippen LogP contribution in [-0.4, -0.2) is 34.1 Å². The zero-order chi connectivity index (χ0) is 20.1. The summed E-state index contributed by atoms with van der Waals surface area (Å²) in [6.45, 7) is 3.40. The van der Waals surface area contributed by atoms with Gasteiger partial charge in [0.2, 0.25) is 11.9 Å². The summed E-state index contributed by atoms with van der Waals surface area (Å²) >= 11 is 0. The Hall–Kier alpha value is -3.32. The average molecular weight is 389 g/mol. The second-order valence-electron chi connectivity index (χ2n) is 7.14. The molecule has 0 bridgehead atoms. The van der Waals surface area contributed by atoms with Gasteiger partial charge in [-0.2, -0.15) is 0 Å². The number of benzene rings is 1. The molecule has 1 saturated heterocycles. The molecule has 1 aromatic carbocycles. The SMILES string of the molecule is Cc1ccc(NC(=O)C[C@H]2CCOC2)cc1Nc1nccc(-c2cccnc2)n1. The van der Waals surface area contributed by atoms with Gasteiger partial charge in [-0.15, -0.1) is 0 Å². The third kappa shape index (κ3) is 4.94. The Morgan fingerprint density at radius 3 is 2.97 bits per heavy atom. The molecule has 0 radical (unpaired) electrons. The van der Waals surface area contributed by atoms with E-state index in [4.69, 9.17) is 4.74 Å². The van der Waals surface area contributed by atoms with Crippen molar-refractivity contribution in [1.29, 1.82) is 0 Å². The highest BCUT2D eigenvalue weighted by Gasteiger charge is 2.19. The number of amides is 1. The van der Waals surface area contributed by atoms with E-state index in [1.165, 1.54) is 0 Å². The summed E-state index contributed by atoms with van der Waals surface area (Å²) in [6.07, 6.45) is 6.63. The molecule has 0 saturated carbocycles. The molecule has 2 aromatic heterocycles. The van der Waals surface area contributed by atoms with E-state index in [0.717, 1.165) is 41.2 Å². The van der Waals surface area contributed by atoms with Crippen LogP contribution in [0.2, 0.25) is 0 Å². The number of carbonyl (C=O) groups excluding carboxylic acids is 1. The molecule has 1 aliphatic heterocycles. The van der Waals surface area contributed by atoms with Crippen LogP contribution in [0.3, 0.4) is 0 Å². The maximum atomic E-state index is 12.3. The molecule has 0 unspecified atom stereocenters. The van der Waals surface area contributed by atoms with Gasteiger partial charge in [-0.25, -0.2) is 9.97 Å². The van der Waals surface area contributed by atoms with Crippen molar-refractivity contribution >= 4 is 23.2 Å². The Labute approximate surface area is 169 Å². The molecule has 148 valence electrons. The third-order valence-electron chi connectivity index (χ3n) is 4.88. The van der Waals surface area contributed by atoms with Crippen molar-refractivity contribution < 1.29 is 9.53 Å². The molecule has 0 spiro atoms. The van der Waals surface area contributed by atoms with Gasteiger partial charge in [0, 0.05) is 55.2 Å². The summed E-state index contributed by atoms with van der Waals surface area (Å²) in [5.41, 5.74) is 4.33. The second kappa shape index (κ2) is 8.79. The largest absolute Gasteiger partial charge is 0.381 e. The van der Waals surface area contributed by atoms with E-state index < -0.39 is 0 Å². The van der Waals surface area contributed by atoms with Crippen molar-refractivity contribution in [2.24, 2.45) is 5.92 Å². The lowest BCUT2D eigenvalue weighted by atomic mass is 10.0. The first-order valence-electron chi connectivity index (χ1n) is 9.66. The lowest BCUT2D eigenvalue weighted by Gasteiger charge is -2.13. The number of carbonyl (C=O) groups is 1. The lowest BCUT2D eigenvalue weighted by molar-refractivity contribution is -0.117. The average Bonchev–Trinajstić information content (AvgIpc) is 3.24. The number of hydrogen-bond donors (Lipinski definition) is 2. The first-order valence-corrected chi connectivity index (χ1v) is 9.66. The monoisotopic (exact) mass is 389 g/mol. The molecule has 1 aliphatic rings. The van der Waals surface area contributed by atoms with Gasteiger partial charge in [0.1, 0.15) is 0 Å². The molecule has 7 heteroatoms. The number of hydrogen-bond acceptors (Lipinski definition) is 6. The fourth-order valence-electron chi connectivity index (χ4n) is 3.27. The van der Waals surface area contributed by atoms with Crippen LogP contribution in [0.15, 0.2) is 55.0 Å². The topological polar surface area (TPSA) is 89.0 Å². The van der Waals surface area contributed by atoms with E-state index in [1.54, 1.807) is 18.6 Å². The summed E-state index contributed by atoms with van der Waals surface area (Å²) in [6, 6.07) is 11.4. The van der Waals surface area contributed by atoms with E-state index in [0.29, 0.717) is 24.9 Å². The maximum absolute atomic E-state index is 12.3. The van der Waals surface area contributed by atoms with Crippen molar-refractivity contribution in [2.75, 3.05) is 23.8 Å². The van der Waals surface area contributed by atoms with Gasteiger partial charge in [0.05, 0.1) is 5.69 Å². The summed E-state index contributed by atoms with van der Waals surface area (Å²) in [7, 11) is 0. The van der Waals surface area contributed by atoms with Gasteiger partial charge in [0.25, 0.3) is 0 Å². The van der Waals surface area contributed by atoms with Crippen molar-refractivity contribution in [1.82, 2.24) is 15.0 Å². The Morgan fingerprint density at radius 1 is 1.24 bits per heavy atom. The highest BCUT2D eigenvalue weighted by atomic mass is 16.5. The molecule has 3 aromatic rings. The van der Waals surface area contributed by atoms with Gasteiger partial charge < -0.3 is 15.4 Å². The summed E-state index contributed by atoms with van der Waals surface area (Å²) < 4.78 is 5.34. The zero-order valence-corrected chi connectivity index (χ0v) is 16.3. The predicted molar refractivity (Wildman–Crippen MR) is 112 cm³/mol. The molecule has 4 rings (SSSR count). The number of aryl methyl sites for hydroxylation is 1. The molecule has 3 heterocycles. The van der Waals surface area contributed by atoms with E-state index >= 15 is 0 Å². The third-order valence-corrected chi connectivity index (χ3v) is 4.88. The maximum Gasteiger partial charge on any atom is 0.227 e. The molecule has 29 heavy (non-hydrogen) atoms. The van der Waals surface area contributed by atoms with Gasteiger partial charge in [-0.3, -0.25) is 9.78 Å². The Balaban J connectivity index is 1.47. The second-order valence-corrected chi connectivity index (χ2v) is 7.14. The van der Waals surface area contributed by atoms with Crippen molar-refractivity contribution in [2.45, 2.75) is 19.8 Å². The van der Waals surface area contributed by atoms with Crippen LogP contribution >= 0.6 is 0 Å². The van der Waals surface area contributed by atoms with Crippen molar-refractivity contribution in [3.63, 3.8) is 0 Å². The quantitative estimate of drug-likeness (QED) is 0.663. The number of ether oxygens (including phenoxy) is 1. The van der Waals surface area contributed by atoms with Gasteiger partial charge in [0.15, 0.2) is 0 Å². The van der Waals surface area contributed by atoms with Crippen LogP contribution in [0.25, 0.3) is 11.3 Å². The number of nitrogens with one attached hydrogen (secondary N) is 2. The Bertz CT molecular complexity index is 988. The number of rotatable bonds is 6. The molecular formula is C22H23N5O2. The van der Waals surface area contributed by atoms with Crippen molar-refractivity contribution in [3.05, 3.63) is 60.6 Å². The van der Waals surface area contributed by atoms with E-state index in [1.807, 2.05) is 43.3 Å². The molecule has 2 N–H and O–H groups in total. The molecular weight excluding hydrogens is 366 g/mol. The number of nitrogens with zero attached hydrogens (tertiary/aromatic N) is 3. The van der Waals surface area contributed by atoms with Crippen LogP contribution in [0.1, 0.15) is 18.4 Å². The van der Waals surface area contributed by atoms with Crippen molar-refractivity contribution in [3.8, 4) is 11.3 Å². The fourth-order valence-corrected chi connectivity index (χ4v) is 3.27. The van der Waals surface area contributed by atoms with E-state index in [9.17, 15) is 4.79 Å². The van der Waals surface area contributed by atoms with Crippen LogP contribution in [0.4, 0.5) is 17.3 Å². The summed E-state index contributed by atoms with van der Waals surface area (Å²) in [5.74, 6) is 0.799. The fraction of sp³-hybridized carbons (Fsp3) is 0.273. The molecule has 1 atom stereocenters. The van der Waals surface area contributed by atoms with Crippen LogP contribution in [0.5, 0.6) is 0 Å². The zero-order valence-electron chi connectivity index (χ0n) is 16.3. The standard InChI is InChI=1S/C22H23N5O2/c1-15-4-5-18(25-21(28)11-16-7-10-29-14-16)12-20(15)27-22-24-9-6-19(26-22)17-3-2-8-23-13-17/h2-6,8-9,12-13,16H,7,10-11,14H2,1H3,(H,25,28)(H,24,26,27)/t16-/m1/s1. The normalized spacial score (nSPS) is 15.8. The van der Waals surface area contributed by atoms with E-state index in [2.05, 4.69) is 25.6 Å². The number of pyridine rings is 1. The minimum atomic E-state index is 0.00475. The van der Waals surface area contributed by atoms with Gasteiger partial charge >= 0.3 is 0 Å². The first-order chi connectivity index (χ1) is 14.2. The Morgan fingerprint density at radius 2 is 2.17 bits per heavy atom. The summed E-state index contributed by atoms with van der Waals surface area (Å²) in [4.78, 5) is 25.3. The molecule has 1 amide bonds. The van der Waals surface area contributed by atoms with E-state index in [-0.39, 0.29) is 5.91 Å².